The average Bonchev–Trinajstić information content (AvgIpc) is 2.73. The Morgan fingerprint density at radius 2 is 2.06 bits per heavy atom. The summed E-state index contributed by atoms with van der Waals surface area (Å²) in [5.41, 5.74) is 0.801. The molecule has 0 aliphatic heterocycles. The summed E-state index contributed by atoms with van der Waals surface area (Å²) < 4.78 is 6.45. The van der Waals surface area contributed by atoms with Crippen LogP contribution in [0.25, 0.3) is 0 Å². The Balaban J connectivity index is 2.08. The third kappa shape index (κ3) is 3.22. The van der Waals surface area contributed by atoms with Crippen LogP contribution in [0.3, 0.4) is 0 Å². The maximum absolute atomic E-state index is 9.61. The van der Waals surface area contributed by atoms with E-state index in [0.717, 1.165) is 14.8 Å². The summed E-state index contributed by atoms with van der Waals surface area (Å²) in [4.78, 5) is 1.07. The maximum atomic E-state index is 9.61. The van der Waals surface area contributed by atoms with E-state index in [-0.39, 0.29) is 0 Å². The number of rotatable bonds is 4. The fourth-order valence-corrected chi connectivity index (χ4v) is 2.54. The summed E-state index contributed by atoms with van der Waals surface area (Å²) in [5, 5.41) is 9.61. The van der Waals surface area contributed by atoms with Crippen molar-refractivity contribution in [3.8, 4) is 5.75 Å². The van der Waals surface area contributed by atoms with Crippen molar-refractivity contribution in [1.82, 2.24) is 0 Å². The van der Waals surface area contributed by atoms with E-state index < -0.39 is 6.10 Å². The molecule has 17 heavy (non-hydrogen) atoms. The molecule has 2 nitrogen and oxygen atoms in total. The van der Waals surface area contributed by atoms with Gasteiger partial charge >= 0.3 is 0 Å². The topological polar surface area (TPSA) is 29.5 Å². The summed E-state index contributed by atoms with van der Waals surface area (Å²) in [5.74, 6) is 0.715. The summed E-state index contributed by atoms with van der Waals surface area (Å²) in [6.07, 6.45) is -0.530. The highest BCUT2D eigenvalue weighted by atomic mass is 35.5. The molecule has 1 heterocycles. The van der Waals surface area contributed by atoms with E-state index in [0.29, 0.717) is 12.4 Å². The molecule has 0 amide bonds. The molecule has 1 aromatic carbocycles. The van der Waals surface area contributed by atoms with Gasteiger partial charge in [0.1, 0.15) is 12.4 Å². The second-order valence-electron chi connectivity index (χ2n) is 3.71. The molecule has 2 aromatic rings. The zero-order chi connectivity index (χ0) is 12.3. The van der Waals surface area contributed by atoms with Crippen LogP contribution in [0.1, 0.15) is 23.5 Å². The molecule has 0 radical (unpaired) electrons. The molecule has 0 fully saturated rings. The van der Waals surface area contributed by atoms with Gasteiger partial charge in [-0.05, 0) is 25.1 Å². The second-order valence-corrected chi connectivity index (χ2v) is 5.51. The van der Waals surface area contributed by atoms with Gasteiger partial charge in [-0.1, -0.05) is 29.8 Å². The van der Waals surface area contributed by atoms with Crippen molar-refractivity contribution in [3.05, 3.63) is 51.2 Å². The molecule has 4 heteroatoms. The first-order valence-electron chi connectivity index (χ1n) is 5.31. The molecule has 90 valence electrons. The zero-order valence-electron chi connectivity index (χ0n) is 9.39. The lowest BCUT2D eigenvalue weighted by atomic mass is 10.1. The Morgan fingerprint density at radius 3 is 2.71 bits per heavy atom. The van der Waals surface area contributed by atoms with Crippen molar-refractivity contribution in [1.29, 1.82) is 0 Å². The van der Waals surface area contributed by atoms with E-state index in [1.807, 2.05) is 36.4 Å². The molecule has 2 rings (SSSR count). The molecule has 1 aromatic heterocycles. The van der Waals surface area contributed by atoms with Crippen molar-refractivity contribution >= 4 is 22.9 Å². The van der Waals surface area contributed by atoms with Gasteiger partial charge in [0.25, 0.3) is 0 Å². The maximum Gasteiger partial charge on any atom is 0.125 e. The minimum absolute atomic E-state index is 0.473. The van der Waals surface area contributed by atoms with E-state index in [2.05, 4.69) is 0 Å². The first-order valence-corrected chi connectivity index (χ1v) is 6.50. The molecule has 0 aliphatic carbocycles. The number of ether oxygens (including phenoxy) is 1. The van der Waals surface area contributed by atoms with Gasteiger partial charge < -0.3 is 9.84 Å². The zero-order valence-corrected chi connectivity index (χ0v) is 11.0. The van der Waals surface area contributed by atoms with Gasteiger partial charge in [0.05, 0.1) is 10.4 Å². The SMILES string of the molecule is CC(O)c1ccccc1OCc1ccc(Cl)s1. The van der Waals surface area contributed by atoms with E-state index in [9.17, 15) is 5.11 Å². The van der Waals surface area contributed by atoms with Crippen LogP contribution in [0.5, 0.6) is 5.75 Å². The fourth-order valence-electron chi connectivity index (χ4n) is 1.54. The number of benzene rings is 1. The molecule has 1 N–H and O–H groups in total. The number of hydrogen-bond acceptors (Lipinski definition) is 3. The normalized spacial score (nSPS) is 12.4. The van der Waals surface area contributed by atoms with Crippen LogP contribution in [0.2, 0.25) is 4.34 Å². The highest BCUT2D eigenvalue weighted by molar-refractivity contribution is 7.16. The molecular formula is C13H13ClO2S. The van der Waals surface area contributed by atoms with Gasteiger partial charge in [-0.2, -0.15) is 0 Å². The van der Waals surface area contributed by atoms with Crippen LogP contribution in [-0.4, -0.2) is 5.11 Å². The molecule has 0 saturated heterocycles. The second kappa shape index (κ2) is 5.54. The van der Waals surface area contributed by atoms with Gasteiger partial charge in [0.15, 0.2) is 0 Å². The molecular weight excluding hydrogens is 256 g/mol. The van der Waals surface area contributed by atoms with E-state index >= 15 is 0 Å². The molecule has 0 bridgehead atoms. The van der Waals surface area contributed by atoms with Crippen molar-refractivity contribution in [2.24, 2.45) is 0 Å². The number of para-hydroxylation sites is 1. The standard InChI is InChI=1S/C13H13ClO2S/c1-9(15)11-4-2-3-5-12(11)16-8-10-6-7-13(14)17-10/h2-7,9,15H,8H2,1H3. The molecule has 1 atom stereocenters. The summed E-state index contributed by atoms with van der Waals surface area (Å²) in [6.45, 7) is 2.20. The quantitative estimate of drug-likeness (QED) is 0.907. The number of aliphatic hydroxyl groups excluding tert-OH is 1. The van der Waals surface area contributed by atoms with Gasteiger partial charge in [0.2, 0.25) is 0 Å². The minimum Gasteiger partial charge on any atom is -0.488 e. The smallest absolute Gasteiger partial charge is 0.125 e. The molecule has 0 saturated carbocycles. The van der Waals surface area contributed by atoms with Gasteiger partial charge in [0, 0.05) is 10.4 Å². The summed E-state index contributed by atoms with van der Waals surface area (Å²) >= 11 is 7.35. The van der Waals surface area contributed by atoms with E-state index in [1.54, 1.807) is 6.92 Å². The van der Waals surface area contributed by atoms with Gasteiger partial charge in [-0.15, -0.1) is 11.3 Å². The number of thiophene rings is 1. The molecule has 1 unspecified atom stereocenters. The Bertz CT molecular complexity index is 494. The largest absolute Gasteiger partial charge is 0.488 e. The fraction of sp³-hybridized carbons (Fsp3) is 0.231. The number of hydrogen-bond donors (Lipinski definition) is 1. The first kappa shape index (κ1) is 12.4. The predicted octanol–water partition coefficient (Wildman–Crippen LogP) is 4.03. The Morgan fingerprint density at radius 1 is 1.29 bits per heavy atom. The van der Waals surface area contributed by atoms with E-state index in [1.165, 1.54) is 11.3 Å². The van der Waals surface area contributed by atoms with Crippen molar-refractivity contribution in [3.63, 3.8) is 0 Å². The van der Waals surface area contributed by atoms with Crippen LogP contribution in [0.4, 0.5) is 0 Å². The van der Waals surface area contributed by atoms with Crippen LogP contribution < -0.4 is 4.74 Å². The minimum atomic E-state index is -0.530. The van der Waals surface area contributed by atoms with Gasteiger partial charge in [-0.25, -0.2) is 0 Å². The monoisotopic (exact) mass is 268 g/mol. The number of halogens is 1. The lowest BCUT2D eigenvalue weighted by molar-refractivity contribution is 0.190. The van der Waals surface area contributed by atoms with Crippen molar-refractivity contribution in [2.45, 2.75) is 19.6 Å². The molecule has 0 spiro atoms. The third-order valence-corrected chi connectivity index (χ3v) is 3.57. The average molecular weight is 269 g/mol. The van der Waals surface area contributed by atoms with Crippen LogP contribution in [-0.2, 0) is 6.61 Å². The Labute approximate surface area is 109 Å². The third-order valence-electron chi connectivity index (χ3n) is 2.37. The molecule has 0 aliphatic rings. The summed E-state index contributed by atoms with van der Waals surface area (Å²) in [6, 6.07) is 11.3. The predicted molar refractivity (Wildman–Crippen MR) is 70.7 cm³/mol. The van der Waals surface area contributed by atoms with Crippen molar-refractivity contribution < 1.29 is 9.84 Å². The summed E-state index contributed by atoms with van der Waals surface area (Å²) in [7, 11) is 0. The van der Waals surface area contributed by atoms with Gasteiger partial charge in [-0.3, -0.25) is 0 Å². The van der Waals surface area contributed by atoms with Crippen LogP contribution >= 0.6 is 22.9 Å². The first-order chi connectivity index (χ1) is 8.16. The lowest BCUT2D eigenvalue weighted by Crippen LogP contribution is -1.99. The Kier molecular flexibility index (Phi) is 4.05. The van der Waals surface area contributed by atoms with Crippen LogP contribution in [0, 0.1) is 0 Å². The van der Waals surface area contributed by atoms with Crippen LogP contribution in [0.15, 0.2) is 36.4 Å². The number of aliphatic hydroxyl groups is 1. The Hall–Kier alpha value is -1.03. The van der Waals surface area contributed by atoms with E-state index in [4.69, 9.17) is 16.3 Å². The van der Waals surface area contributed by atoms with Crippen molar-refractivity contribution in [2.75, 3.05) is 0 Å². The lowest BCUT2D eigenvalue weighted by Gasteiger charge is -2.12. The highest BCUT2D eigenvalue weighted by Gasteiger charge is 2.08. The highest BCUT2D eigenvalue weighted by Crippen LogP contribution is 2.27.